The van der Waals surface area contributed by atoms with Gasteiger partial charge in [0.25, 0.3) is 5.91 Å². The Kier molecular flexibility index (Phi) is 5.01. The van der Waals surface area contributed by atoms with Gasteiger partial charge >= 0.3 is 0 Å². The molecule has 28 heavy (non-hydrogen) atoms. The zero-order valence-corrected chi connectivity index (χ0v) is 16.2. The van der Waals surface area contributed by atoms with Crippen molar-refractivity contribution in [2.75, 3.05) is 5.32 Å². The topological polar surface area (TPSA) is 71.1 Å². The van der Waals surface area contributed by atoms with Crippen LogP contribution in [0, 0.1) is 0 Å². The summed E-state index contributed by atoms with van der Waals surface area (Å²) in [6, 6.07) is 12.7. The van der Waals surface area contributed by atoms with Gasteiger partial charge in [0.05, 0.1) is 0 Å². The lowest BCUT2D eigenvalue weighted by Gasteiger charge is -2.34. The van der Waals surface area contributed by atoms with Crippen LogP contribution in [0.4, 0.5) is 5.82 Å². The summed E-state index contributed by atoms with van der Waals surface area (Å²) >= 11 is 6.49. The third kappa shape index (κ3) is 3.34. The molecule has 6 heteroatoms. The molecule has 1 aliphatic carbocycles. The van der Waals surface area contributed by atoms with Crippen molar-refractivity contribution >= 4 is 29.1 Å². The fourth-order valence-corrected chi connectivity index (χ4v) is 4.17. The second-order valence-electron chi connectivity index (χ2n) is 6.96. The van der Waals surface area contributed by atoms with Gasteiger partial charge in [-0.05, 0) is 43.5 Å². The molecule has 1 aromatic carbocycles. The van der Waals surface area contributed by atoms with Gasteiger partial charge in [-0.25, -0.2) is 4.98 Å². The van der Waals surface area contributed by atoms with Crippen LogP contribution in [-0.2, 0) is 9.59 Å². The number of amides is 1. The molecule has 1 atom stereocenters. The number of carbonyl (C=O) groups excluding carboxylic acids is 2. The molecule has 0 saturated carbocycles. The molecule has 2 N–H and O–H groups in total. The number of pyridine rings is 1. The molecule has 1 amide bonds. The number of halogens is 1. The van der Waals surface area contributed by atoms with E-state index in [9.17, 15) is 9.59 Å². The molecule has 0 unspecified atom stereocenters. The first kappa shape index (κ1) is 18.4. The van der Waals surface area contributed by atoms with Gasteiger partial charge in [0.1, 0.15) is 5.82 Å². The highest BCUT2D eigenvalue weighted by Gasteiger charge is 2.39. The first-order valence-electron chi connectivity index (χ1n) is 9.27. The van der Waals surface area contributed by atoms with Crippen LogP contribution in [0.15, 0.2) is 71.2 Å². The first-order valence-corrected chi connectivity index (χ1v) is 9.65. The van der Waals surface area contributed by atoms with E-state index >= 15 is 0 Å². The van der Waals surface area contributed by atoms with Gasteiger partial charge in [-0.3, -0.25) is 9.59 Å². The van der Waals surface area contributed by atoms with E-state index in [1.165, 1.54) is 0 Å². The molecular formula is C22H20ClN3O2. The second kappa shape index (κ2) is 7.60. The van der Waals surface area contributed by atoms with Crippen LogP contribution >= 0.6 is 11.6 Å². The molecule has 0 spiro atoms. The highest BCUT2D eigenvalue weighted by molar-refractivity contribution is 6.31. The molecule has 0 saturated heterocycles. The second-order valence-corrected chi connectivity index (χ2v) is 7.36. The number of allylic oxidation sites excluding steroid dienone is 3. The van der Waals surface area contributed by atoms with Gasteiger partial charge in [0.2, 0.25) is 0 Å². The van der Waals surface area contributed by atoms with Crippen LogP contribution in [0.25, 0.3) is 0 Å². The van der Waals surface area contributed by atoms with Crippen molar-refractivity contribution in [3.05, 3.63) is 81.8 Å². The standard InChI is InChI=1S/C22H20ClN3O2/c1-13-19(22(28)26-18-11-4-5-12-24-18)20(14-7-2-3-8-15(14)23)21-16(25-13)9-6-10-17(21)27/h2-5,7-8,11-12,20,25H,6,9-10H2,1H3,(H,24,26,28)/t20-/m0/s1. The molecular weight excluding hydrogens is 374 g/mol. The molecule has 0 fully saturated rings. The summed E-state index contributed by atoms with van der Waals surface area (Å²) in [6.45, 7) is 1.86. The lowest BCUT2D eigenvalue weighted by molar-refractivity contribution is -0.116. The third-order valence-corrected chi connectivity index (χ3v) is 5.49. The summed E-state index contributed by atoms with van der Waals surface area (Å²) in [5.74, 6) is -0.269. The molecule has 2 aliphatic rings. The van der Waals surface area contributed by atoms with Crippen LogP contribution in [0.2, 0.25) is 5.02 Å². The molecule has 1 aromatic heterocycles. The van der Waals surface area contributed by atoms with Crippen LogP contribution < -0.4 is 10.6 Å². The predicted molar refractivity (Wildman–Crippen MR) is 109 cm³/mol. The summed E-state index contributed by atoms with van der Waals surface area (Å²) in [4.78, 5) is 30.2. The lowest BCUT2D eigenvalue weighted by Crippen LogP contribution is -2.35. The minimum Gasteiger partial charge on any atom is -0.362 e. The number of Topliss-reactive ketones (excluding diaryl/α,β-unsaturated/α-hetero) is 1. The average Bonchev–Trinajstić information content (AvgIpc) is 2.68. The fraction of sp³-hybridized carbons (Fsp3) is 0.227. The van der Waals surface area contributed by atoms with E-state index in [4.69, 9.17) is 11.6 Å². The SMILES string of the molecule is CC1=C(C(=O)Nc2ccccn2)[C@H](c2ccccc2Cl)C2=C(CCCC2=O)N1. The number of aromatic nitrogens is 1. The maximum atomic E-state index is 13.2. The van der Waals surface area contributed by atoms with Crippen molar-refractivity contribution in [3.63, 3.8) is 0 Å². The third-order valence-electron chi connectivity index (χ3n) is 5.14. The van der Waals surface area contributed by atoms with Crippen molar-refractivity contribution in [2.45, 2.75) is 32.1 Å². The Bertz CT molecular complexity index is 1010. The normalized spacial score (nSPS) is 19.2. The van der Waals surface area contributed by atoms with E-state index in [0.29, 0.717) is 28.4 Å². The molecule has 5 nitrogen and oxygen atoms in total. The predicted octanol–water partition coefficient (Wildman–Crippen LogP) is 4.34. The largest absolute Gasteiger partial charge is 0.362 e. The number of dihydropyridines is 1. The number of nitrogens with zero attached hydrogens (tertiary/aromatic N) is 1. The van der Waals surface area contributed by atoms with Gasteiger partial charge in [-0.15, -0.1) is 0 Å². The van der Waals surface area contributed by atoms with Crippen molar-refractivity contribution in [2.24, 2.45) is 0 Å². The molecule has 0 radical (unpaired) electrons. The van der Waals surface area contributed by atoms with Crippen LogP contribution in [-0.4, -0.2) is 16.7 Å². The van der Waals surface area contributed by atoms with E-state index < -0.39 is 5.92 Å². The van der Waals surface area contributed by atoms with Crippen molar-refractivity contribution < 1.29 is 9.59 Å². The number of carbonyl (C=O) groups is 2. The number of hydrogen-bond donors (Lipinski definition) is 2. The number of nitrogens with one attached hydrogen (secondary N) is 2. The summed E-state index contributed by atoms with van der Waals surface area (Å²) in [6.07, 6.45) is 3.69. The number of anilines is 1. The van der Waals surface area contributed by atoms with Crippen molar-refractivity contribution in [1.82, 2.24) is 10.3 Å². The Morgan fingerprint density at radius 1 is 1.18 bits per heavy atom. The number of benzene rings is 1. The van der Waals surface area contributed by atoms with E-state index in [-0.39, 0.29) is 11.7 Å². The Balaban J connectivity index is 1.82. The number of hydrogen-bond acceptors (Lipinski definition) is 4. The van der Waals surface area contributed by atoms with Gasteiger partial charge in [-0.1, -0.05) is 35.9 Å². The fourth-order valence-electron chi connectivity index (χ4n) is 3.92. The Labute approximate surface area is 168 Å². The smallest absolute Gasteiger partial charge is 0.255 e. The number of ketones is 1. The highest BCUT2D eigenvalue weighted by Crippen LogP contribution is 2.44. The van der Waals surface area contributed by atoms with E-state index in [1.54, 1.807) is 30.5 Å². The summed E-state index contributed by atoms with van der Waals surface area (Å²) in [5, 5.41) is 6.68. The van der Waals surface area contributed by atoms with E-state index in [2.05, 4.69) is 15.6 Å². The zero-order valence-electron chi connectivity index (χ0n) is 15.5. The van der Waals surface area contributed by atoms with Gasteiger partial charge in [-0.2, -0.15) is 0 Å². The van der Waals surface area contributed by atoms with Crippen LogP contribution in [0.3, 0.4) is 0 Å². The lowest BCUT2D eigenvalue weighted by atomic mass is 9.75. The monoisotopic (exact) mass is 393 g/mol. The Hall–Kier alpha value is -2.92. The molecule has 0 bridgehead atoms. The van der Waals surface area contributed by atoms with E-state index in [0.717, 1.165) is 29.8 Å². The molecule has 142 valence electrons. The maximum absolute atomic E-state index is 13.2. The molecule has 4 rings (SSSR count). The molecule has 2 aromatic rings. The van der Waals surface area contributed by atoms with Crippen LogP contribution in [0.1, 0.15) is 37.7 Å². The minimum atomic E-state index is -0.499. The molecule has 2 heterocycles. The van der Waals surface area contributed by atoms with Gasteiger partial charge in [0.15, 0.2) is 5.78 Å². The average molecular weight is 394 g/mol. The minimum absolute atomic E-state index is 0.0642. The summed E-state index contributed by atoms with van der Waals surface area (Å²) in [7, 11) is 0. The summed E-state index contributed by atoms with van der Waals surface area (Å²) < 4.78 is 0. The first-order chi connectivity index (χ1) is 13.6. The Morgan fingerprint density at radius 2 is 1.96 bits per heavy atom. The maximum Gasteiger partial charge on any atom is 0.255 e. The van der Waals surface area contributed by atoms with Crippen molar-refractivity contribution in [3.8, 4) is 0 Å². The molecule has 1 aliphatic heterocycles. The van der Waals surface area contributed by atoms with Gasteiger partial charge in [0, 0.05) is 46.1 Å². The Morgan fingerprint density at radius 3 is 2.71 bits per heavy atom. The van der Waals surface area contributed by atoms with E-state index in [1.807, 2.05) is 25.1 Å². The van der Waals surface area contributed by atoms with Crippen molar-refractivity contribution in [1.29, 1.82) is 0 Å². The van der Waals surface area contributed by atoms with Gasteiger partial charge < -0.3 is 10.6 Å². The number of rotatable bonds is 3. The zero-order chi connectivity index (χ0) is 19.7. The quantitative estimate of drug-likeness (QED) is 0.813. The van der Waals surface area contributed by atoms with Crippen LogP contribution in [0.5, 0.6) is 0 Å². The highest BCUT2D eigenvalue weighted by atomic mass is 35.5. The summed E-state index contributed by atoms with van der Waals surface area (Å²) in [5.41, 5.74) is 3.53.